The van der Waals surface area contributed by atoms with E-state index in [-0.39, 0.29) is 12.5 Å². The monoisotopic (exact) mass is 466 g/mol. The first kappa shape index (κ1) is 23.7. The Labute approximate surface area is 204 Å². The van der Waals surface area contributed by atoms with Crippen molar-refractivity contribution >= 4 is 34.5 Å². The molecule has 7 nitrogen and oxygen atoms in total. The largest absolute Gasteiger partial charge is 0.462 e. The van der Waals surface area contributed by atoms with Crippen LogP contribution < -0.4 is 10.6 Å². The summed E-state index contributed by atoms with van der Waals surface area (Å²) < 4.78 is 5.09. The molecule has 0 saturated heterocycles. The molecule has 0 unspecified atom stereocenters. The zero-order valence-corrected chi connectivity index (χ0v) is 19.9. The summed E-state index contributed by atoms with van der Waals surface area (Å²) >= 11 is 0. The molecule has 0 saturated carbocycles. The normalized spacial score (nSPS) is 13.6. The zero-order valence-electron chi connectivity index (χ0n) is 19.9. The van der Waals surface area contributed by atoms with Gasteiger partial charge in [-0.15, -0.1) is 0 Å². The number of esters is 1. The Morgan fingerprint density at radius 3 is 2.51 bits per heavy atom. The molecule has 0 fully saturated rings. The minimum Gasteiger partial charge on any atom is -0.462 e. The summed E-state index contributed by atoms with van der Waals surface area (Å²) in [7, 11) is 3.91. The van der Waals surface area contributed by atoms with Gasteiger partial charge in [-0.2, -0.15) is 5.26 Å². The van der Waals surface area contributed by atoms with Crippen LogP contribution in [0, 0.1) is 11.3 Å². The van der Waals surface area contributed by atoms with Gasteiger partial charge in [0.05, 0.1) is 40.8 Å². The van der Waals surface area contributed by atoms with Gasteiger partial charge >= 0.3 is 5.97 Å². The number of rotatable bonds is 7. The van der Waals surface area contributed by atoms with E-state index in [1.165, 1.54) is 0 Å². The third kappa shape index (κ3) is 5.08. The zero-order chi connectivity index (χ0) is 24.9. The number of hydrogen-bond acceptors (Lipinski definition) is 6. The third-order valence-corrected chi connectivity index (χ3v) is 5.57. The summed E-state index contributed by atoms with van der Waals surface area (Å²) in [5, 5.41) is 15.9. The first-order valence-electron chi connectivity index (χ1n) is 11.3. The van der Waals surface area contributed by atoms with Crippen LogP contribution in [0.3, 0.4) is 0 Å². The van der Waals surface area contributed by atoms with Crippen LogP contribution in [-0.4, -0.2) is 37.5 Å². The van der Waals surface area contributed by atoms with E-state index in [4.69, 9.17) is 4.74 Å². The maximum absolute atomic E-state index is 13.2. The van der Waals surface area contributed by atoms with Gasteiger partial charge in [0.15, 0.2) is 0 Å². The quantitative estimate of drug-likeness (QED) is 0.386. The molecule has 1 heterocycles. The number of benzene rings is 3. The SMILES string of the molecule is CCOC(=O)c1ccc2c(c1)NC(=O)C2=C(Nc1ccc(CN(C)C)c(C#N)c1)c1ccccc1. The van der Waals surface area contributed by atoms with Gasteiger partial charge in [-0.3, -0.25) is 4.79 Å². The molecule has 0 bridgehead atoms. The Hall–Kier alpha value is -4.41. The topological polar surface area (TPSA) is 94.5 Å². The van der Waals surface area contributed by atoms with Crippen molar-refractivity contribution in [1.29, 1.82) is 5.26 Å². The summed E-state index contributed by atoms with van der Waals surface area (Å²) in [6.07, 6.45) is 0. The Balaban J connectivity index is 1.81. The molecule has 0 aliphatic carbocycles. The van der Waals surface area contributed by atoms with Crippen LogP contribution in [0.2, 0.25) is 0 Å². The van der Waals surface area contributed by atoms with E-state index in [0.717, 1.165) is 11.1 Å². The van der Waals surface area contributed by atoms with Gasteiger partial charge in [0.2, 0.25) is 0 Å². The molecule has 0 radical (unpaired) electrons. The fourth-order valence-corrected chi connectivity index (χ4v) is 4.03. The van der Waals surface area contributed by atoms with E-state index in [0.29, 0.717) is 45.9 Å². The van der Waals surface area contributed by atoms with Crippen molar-refractivity contribution in [2.24, 2.45) is 0 Å². The number of carbonyl (C=O) groups is 2. The number of anilines is 2. The molecule has 7 heteroatoms. The number of amides is 1. The van der Waals surface area contributed by atoms with E-state index in [9.17, 15) is 14.9 Å². The first-order valence-corrected chi connectivity index (χ1v) is 11.3. The predicted octanol–water partition coefficient (Wildman–Crippen LogP) is 4.73. The van der Waals surface area contributed by atoms with Crippen molar-refractivity contribution < 1.29 is 14.3 Å². The second-order valence-electron chi connectivity index (χ2n) is 8.40. The summed E-state index contributed by atoms with van der Waals surface area (Å²) in [5.74, 6) is -0.720. The van der Waals surface area contributed by atoms with Crippen molar-refractivity contribution in [3.8, 4) is 6.07 Å². The number of nitrogens with zero attached hydrogens (tertiary/aromatic N) is 2. The van der Waals surface area contributed by atoms with E-state index >= 15 is 0 Å². The minimum atomic E-state index is -0.440. The summed E-state index contributed by atoms with van der Waals surface area (Å²) in [4.78, 5) is 27.3. The van der Waals surface area contributed by atoms with E-state index < -0.39 is 5.97 Å². The lowest BCUT2D eigenvalue weighted by molar-refractivity contribution is -0.110. The molecule has 176 valence electrons. The van der Waals surface area contributed by atoms with Crippen molar-refractivity contribution in [2.45, 2.75) is 13.5 Å². The molecular formula is C28H26N4O3. The lowest BCUT2D eigenvalue weighted by Gasteiger charge is -2.17. The second kappa shape index (κ2) is 10.2. The van der Waals surface area contributed by atoms with Crippen LogP contribution in [0.4, 0.5) is 11.4 Å². The maximum Gasteiger partial charge on any atom is 0.338 e. The highest BCUT2D eigenvalue weighted by Crippen LogP contribution is 2.38. The Morgan fingerprint density at radius 1 is 1.06 bits per heavy atom. The summed E-state index contributed by atoms with van der Waals surface area (Å²) in [6, 6.07) is 22.5. The van der Waals surface area contributed by atoms with Crippen molar-refractivity contribution in [2.75, 3.05) is 31.3 Å². The van der Waals surface area contributed by atoms with E-state index in [1.807, 2.05) is 61.5 Å². The number of nitrogens with one attached hydrogen (secondary N) is 2. The van der Waals surface area contributed by atoms with Crippen LogP contribution in [0.25, 0.3) is 11.3 Å². The molecule has 35 heavy (non-hydrogen) atoms. The van der Waals surface area contributed by atoms with Gasteiger partial charge in [0.1, 0.15) is 0 Å². The van der Waals surface area contributed by atoms with E-state index in [1.54, 1.807) is 31.2 Å². The highest BCUT2D eigenvalue weighted by molar-refractivity contribution is 6.37. The Bertz CT molecular complexity index is 1350. The predicted molar refractivity (Wildman–Crippen MR) is 136 cm³/mol. The number of hydrogen-bond donors (Lipinski definition) is 2. The van der Waals surface area contributed by atoms with Crippen LogP contribution in [0.15, 0.2) is 66.7 Å². The van der Waals surface area contributed by atoms with Crippen molar-refractivity contribution in [1.82, 2.24) is 4.90 Å². The number of ether oxygens (including phenoxy) is 1. The number of fused-ring (bicyclic) bond motifs is 1. The van der Waals surface area contributed by atoms with Crippen LogP contribution >= 0.6 is 0 Å². The molecule has 3 aromatic rings. The molecule has 1 aliphatic rings. The Morgan fingerprint density at radius 2 is 1.83 bits per heavy atom. The average molecular weight is 467 g/mol. The molecule has 0 atom stereocenters. The van der Waals surface area contributed by atoms with Gasteiger partial charge in [-0.1, -0.05) is 42.5 Å². The average Bonchev–Trinajstić information content (AvgIpc) is 3.18. The van der Waals surface area contributed by atoms with Gasteiger partial charge in [-0.05, 0) is 56.4 Å². The summed E-state index contributed by atoms with van der Waals surface area (Å²) in [5.41, 5.74) is 5.66. The lowest BCUT2D eigenvalue weighted by atomic mass is 9.98. The molecule has 4 rings (SSSR count). The highest BCUT2D eigenvalue weighted by Gasteiger charge is 2.29. The molecule has 1 aliphatic heterocycles. The second-order valence-corrected chi connectivity index (χ2v) is 8.40. The number of carbonyl (C=O) groups excluding carboxylic acids is 2. The van der Waals surface area contributed by atoms with E-state index in [2.05, 4.69) is 16.7 Å². The molecule has 3 aromatic carbocycles. The highest BCUT2D eigenvalue weighted by atomic mass is 16.5. The summed E-state index contributed by atoms with van der Waals surface area (Å²) in [6.45, 7) is 2.67. The maximum atomic E-state index is 13.2. The van der Waals surface area contributed by atoms with Gasteiger partial charge in [0.25, 0.3) is 5.91 Å². The van der Waals surface area contributed by atoms with Gasteiger partial charge in [-0.25, -0.2) is 4.79 Å². The first-order chi connectivity index (χ1) is 16.9. The molecule has 1 amide bonds. The third-order valence-electron chi connectivity index (χ3n) is 5.57. The van der Waals surface area contributed by atoms with Gasteiger partial charge < -0.3 is 20.3 Å². The molecular weight excluding hydrogens is 440 g/mol. The minimum absolute atomic E-state index is 0.271. The molecule has 0 aromatic heterocycles. The lowest BCUT2D eigenvalue weighted by Crippen LogP contribution is -2.12. The Kier molecular flexibility index (Phi) is 6.95. The standard InChI is InChI=1S/C28H26N4O3/c1-4-35-28(34)19-11-13-23-24(15-19)31-27(33)25(23)26(18-8-6-5-7-9-18)30-22-12-10-20(17-32(2)3)21(14-22)16-29/h5-15,30H,4,17H2,1-3H3,(H,31,33). The molecule has 2 N–H and O–H groups in total. The van der Waals surface area contributed by atoms with Crippen LogP contribution in [-0.2, 0) is 16.1 Å². The fourth-order valence-electron chi connectivity index (χ4n) is 4.03. The van der Waals surface area contributed by atoms with Gasteiger partial charge in [0, 0.05) is 17.8 Å². The smallest absolute Gasteiger partial charge is 0.338 e. The van der Waals surface area contributed by atoms with Crippen molar-refractivity contribution in [3.63, 3.8) is 0 Å². The number of nitriles is 1. The fraction of sp³-hybridized carbons (Fsp3) is 0.179. The van der Waals surface area contributed by atoms with Crippen LogP contribution in [0.1, 0.15) is 39.5 Å². The molecule has 0 spiro atoms. The van der Waals surface area contributed by atoms with Crippen LogP contribution in [0.5, 0.6) is 0 Å². The van der Waals surface area contributed by atoms with Crippen molar-refractivity contribution in [3.05, 3.63) is 94.5 Å².